The second kappa shape index (κ2) is 9.52. The molecular formula is C21H23N5O3S. The minimum Gasteiger partial charge on any atom is -0.325 e. The van der Waals surface area contributed by atoms with Gasteiger partial charge in [-0.05, 0) is 49.4 Å². The number of sulfonamides is 1. The SMILES string of the molecule is CN(CC(=O)Nc1cccc(S(=O)(=O)NC2=NCCC2)c1)Cc1cccc(C#N)c1. The number of likely N-dealkylation sites (N-methyl/N-ethyl adjacent to an activating group) is 1. The van der Waals surface area contributed by atoms with Gasteiger partial charge in [-0.3, -0.25) is 19.4 Å². The van der Waals surface area contributed by atoms with Gasteiger partial charge < -0.3 is 5.32 Å². The van der Waals surface area contributed by atoms with Crippen LogP contribution in [0.15, 0.2) is 58.4 Å². The van der Waals surface area contributed by atoms with Crippen molar-refractivity contribution in [2.45, 2.75) is 24.3 Å². The van der Waals surface area contributed by atoms with E-state index in [4.69, 9.17) is 5.26 Å². The molecule has 0 spiro atoms. The van der Waals surface area contributed by atoms with E-state index in [-0.39, 0.29) is 17.3 Å². The van der Waals surface area contributed by atoms with Gasteiger partial charge in [-0.25, -0.2) is 8.42 Å². The summed E-state index contributed by atoms with van der Waals surface area (Å²) in [6.07, 6.45) is 1.45. The summed E-state index contributed by atoms with van der Waals surface area (Å²) in [6.45, 7) is 1.24. The Morgan fingerprint density at radius 3 is 2.77 bits per heavy atom. The third-order valence-electron chi connectivity index (χ3n) is 4.48. The Morgan fingerprint density at radius 2 is 2.03 bits per heavy atom. The Kier molecular flexibility index (Phi) is 6.82. The third kappa shape index (κ3) is 5.89. The minimum absolute atomic E-state index is 0.0663. The maximum absolute atomic E-state index is 12.5. The predicted octanol–water partition coefficient (Wildman–Crippen LogP) is 2.10. The number of rotatable bonds is 7. The highest BCUT2D eigenvalue weighted by Crippen LogP contribution is 2.16. The fourth-order valence-corrected chi connectivity index (χ4v) is 4.26. The number of anilines is 1. The topological polar surface area (TPSA) is 115 Å². The van der Waals surface area contributed by atoms with Crippen LogP contribution in [-0.4, -0.2) is 45.2 Å². The van der Waals surface area contributed by atoms with E-state index in [1.165, 1.54) is 12.1 Å². The number of amidine groups is 1. The fourth-order valence-electron chi connectivity index (χ4n) is 3.13. The van der Waals surface area contributed by atoms with Crippen molar-refractivity contribution < 1.29 is 13.2 Å². The first kappa shape index (κ1) is 21.5. The zero-order valence-corrected chi connectivity index (χ0v) is 17.4. The van der Waals surface area contributed by atoms with Crippen molar-refractivity contribution in [1.29, 1.82) is 5.26 Å². The predicted molar refractivity (Wildman–Crippen MR) is 114 cm³/mol. The van der Waals surface area contributed by atoms with Gasteiger partial charge in [-0.2, -0.15) is 5.26 Å². The fraction of sp³-hybridized carbons (Fsp3) is 0.286. The first-order valence-corrected chi connectivity index (χ1v) is 11.0. The quantitative estimate of drug-likeness (QED) is 0.705. The summed E-state index contributed by atoms with van der Waals surface area (Å²) in [4.78, 5) is 18.4. The molecule has 0 bridgehead atoms. The van der Waals surface area contributed by atoms with Crippen molar-refractivity contribution in [2.24, 2.45) is 4.99 Å². The van der Waals surface area contributed by atoms with Gasteiger partial charge in [-0.15, -0.1) is 0 Å². The van der Waals surface area contributed by atoms with E-state index >= 15 is 0 Å². The number of aliphatic imine (C=N–C) groups is 1. The number of carbonyl (C=O) groups is 1. The van der Waals surface area contributed by atoms with Gasteiger partial charge in [0.2, 0.25) is 5.91 Å². The molecule has 0 radical (unpaired) electrons. The molecule has 30 heavy (non-hydrogen) atoms. The molecule has 1 aliphatic rings. The van der Waals surface area contributed by atoms with Crippen LogP contribution >= 0.6 is 0 Å². The van der Waals surface area contributed by atoms with E-state index in [0.717, 1.165) is 12.0 Å². The van der Waals surface area contributed by atoms with Crippen LogP contribution in [0.1, 0.15) is 24.0 Å². The summed E-state index contributed by atoms with van der Waals surface area (Å²) >= 11 is 0. The maximum atomic E-state index is 12.5. The lowest BCUT2D eigenvalue weighted by atomic mass is 10.1. The second-order valence-electron chi connectivity index (χ2n) is 7.10. The summed E-state index contributed by atoms with van der Waals surface area (Å²) < 4.78 is 27.5. The molecule has 1 amide bonds. The number of nitriles is 1. The van der Waals surface area contributed by atoms with E-state index < -0.39 is 10.0 Å². The van der Waals surface area contributed by atoms with Gasteiger partial charge in [0.05, 0.1) is 23.1 Å². The van der Waals surface area contributed by atoms with Crippen LogP contribution in [0, 0.1) is 11.3 Å². The van der Waals surface area contributed by atoms with Gasteiger partial charge in [0.15, 0.2) is 0 Å². The number of nitrogens with zero attached hydrogens (tertiary/aromatic N) is 3. The molecule has 0 aliphatic carbocycles. The lowest BCUT2D eigenvalue weighted by molar-refractivity contribution is -0.117. The summed E-state index contributed by atoms with van der Waals surface area (Å²) in [5, 5.41) is 11.7. The molecule has 2 aromatic rings. The summed E-state index contributed by atoms with van der Waals surface area (Å²) in [5.41, 5.74) is 1.90. The Labute approximate surface area is 176 Å². The molecule has 0 unspecified atom stereocenters. The lowest BCUT2D eigenvalue weighted by Gasteiger charge is -2.17. The van der Waals surface area contributed by atoms with Crippen molar-refractivity contribution in [2.75, 3.05) is 25.5 Å². The zero-order chi connectivity index (χ0) is 21.6. The average Bonchev–Trinajstić information content (AvgIpc) is 3.20. The van der Waals surface area contributed by atoms with Crippen molar-refractivity contribution >= 4 is 27.5 Å². The van der Waals surface area contributed by atoms with Gasteiger partial charge in [0, 0.05) is 25.2 Å². The molecule has 1 heterocycles. The van der Waals surface area contributed by atoms with E-state index in [0.29, 0.717) is 36.6 Å². The molecule has 0 saturated heterocycles. The molecule has 0 fully saturated rings. The van der Waals surface area contributed by atoms with Gasteiger partial charge in [0.1, 0.15) is 5.84 Å². The minimum atomic E-state index is -3.74. The molecule has 8 nitrogen and oxygen atoms in total. The first-order valence-electron chi connectivity index (χ1n) is 9.49. The van der Waals surface area contributed by atoms with Crippen molar-refractivity contribution in [3.05, 3.63) is 59.7 Å². The Morgan fingerprint density at radius 1 is 1.23 bits per heavy atom. The molecule has 156 valence electrons. The standard InChI is InChI=1S/C21H23N5O3S/c1-26(14-17-6-2-5-16(11-17)13-22)15-21(27)24-18-7-3-8-19(12-18)30(28,29)25-20-9-4-10-23-20/h2-3,5-8,11-12H,4,9-10,14-15H2,1H3,(H,23,25)(H,24,27). The highest BCUT2D eigenvalue weighted by molar-refractivity contribution is 7.90. The molecule has 0 atom stereocenters. The molecule has 2 aromatic carbocycles. The number of hydrogen-bond acceptors (Lipinski definition) is 6. The van der Waals surface area contributed by atoms with Crippen molar-refractivity contribution in [1.82, 2.24) is 9.62 Å². The van der Waals surface area contributed by atoms with E-state index in [9.17, 15) is 13.2 Å². The largest absolute Gasteiger partial charge is 0.325 e. The number of nitrogens with one attached hydrogen (secondary N) is 2. The van der Waals surface area contributed by atoms with Crippen LogP contribution in [0.25, 0.3) is 0 Å². The molecular weight excluding hydrogens is 402 g/mol. The van der Waals surface area contributed by atoms with Crippen LogP contribution in [0.4, 0.5) is 5.69 Å². The molecule has 3 rings (SSSR count). The maximum Gasteiger partial charge on any atom is 0.262 e. The Bertz CT molecular complexity index is 1110. The van der Waals surface area contributed by atoms with Crippen LogP contribution in [0.5, 0.6) is 0 Å². The monoisotopic (exact) mass is 425 g/mol. The van der Waals surface area contributed by atoms with Crippen LogP contribution in [-0.2, 0) is 21.4 Å². The van der Waals surface area contributed by atoms with Crippen LogP contribution < -0.4 is 10.0 Å². The molecule has 0 aromatic heterocycles. The van der Waals surface area contributed by atoms with Gasteiger partial charge >= 0.3 is 0 Å². The third-order valence-corrected chi connectivity index (χ3v) is 5.86. The first-order chi connectivity index (χ1) is 14.4. The Balaban J connectivity index is 1.59. The Hall–Kier alpha value is -3.22. The van der Waals surface area contributed by atoms with Crippen LogP contribution in [0.3, 0.4) is 0 Å². The number of hydrogen-bond donors (Lipinski definition) is 2. The number of benzene rings is 2. The normalized spacial score (nSPS) is 13.6. The lowest BCUT2D eigenvalue weighted by Crippen LogP contribution is -2.30. The molecule has 9 heteroatoms. The smallest absolute Gasteiger partial charge is 0.262 e. The molecule has 2 N–H and O–H groups in total. The zero-order valence-electron chi connectivity index (χ0n) is 16.6. The molecule has 0 saturated carbocycles. The summed E-state index contributed by atoms with van der Waals surface area (Å²) in [6, 6.07) is 15.4. The average molecular weight is 426 g/mol. The van der Waals surface area contributed by atoms with Crippen molar-refractivity contribution in [3.63, 3.8) is 0 Å². The summed E-state index contributed by atoms with van der Waals surface area (Å²) in [5.74, 6) is 0.197. The van der Waals surface area contributed by atoms with Gasteiger partial charge in [0.25, 0.3) is 10.0 Å². The van der Waals surface area contributed by atoms with Crippen molar-refractivity contribution in [3.8, 4) is 6.07 Å². The highest BCUT2D eigenvalue weighted by Gasteiger charge is 2.19. The van der Waals surface area contributed by atoms with E-state index in [1.54, 1.807) is 37.4 Å². The molecule has 1 aliphatic heterocycles. The second-order valence-corrected chi connectivity index (χ2v) is 8.78. The van der Waals surface area contributed by atoms with Gasteiger partial charge in [-0.1, -0.05) is 18.2 Å². The number of carbonyl (C=O) groups excluding carboxylic acids is 1. The number of amides is 1. The van der Waals surface area contributed by atoms with E-state index in [2.05, 4.69) is 21.1 Å². The van der Waals surface area contributed by atoms with E-state index in [1.807, 2.05) is 11.0 Å². The highest BCUT2D eigenvalue weighted by atomic mass is 32.2. The summed E-state index contributed by atoms with van der Waals surface area (Å²) in [7, 11) is -1.94. The van der Waals surface area contributed by atoms with Crippen LogP contribution in [0.2, 0.25) is 0 Å².